The number of aromatic nitrogens is 3. The van der Waals surface area contributed by atoms with E-state index in [-0.39, 0.29) is 12.5 Å². The third-order valence-electron chi connectivity index (χ3n) is 3.01. The van der Waals surface area contributed by atoms with Crippen molar-refractivity contribution in [3.05, 3.63) is 15.9 Å². The summed E-state index contributed by atoms with van der Waals surface area (Å²) in [6.07, 6.45) is 2.85. The van der Waals surface area contributed by atoms with Gasteiger partial charge in [-0.3, -0.25) is 4.79 Å². The van der Waals surface area contributed by atoms with Crippen molar-refractivity contribution in [3.63, 3.8) is 0 Å². The molecule has 0 radical (unpaired) electrons. The van der Waals surface area contributed by atoms with E-state index < -0.39 is 22.7 Å². The van der Waals surface area contributed by atoms with Crippen LogP contribution in [0.15, 0.2) is 0 Å². The topological polar surface area (TPSA) is 131 Å². The van der Waals surface area contributed by atoms with Gasteiger partial charge in [-0.2, -0.15) is 4.68 Å². The molecule has 1 aromatic heterocycles. The Morgan fingerprint density at radius 3 is 2.50 bits per heavy atom. The van der Waals surface area contributed by atoms with Gasteiger partial charge in [0.05, 0.1) is 0 Å². The molecule has 108 valence electrons. The Kier molecular flexibility index (Phi) is 3.91. The Labute approximate surface area is 113 Å². The molecule has 2 rings (SSSR count). The first-order valence-corrected chi connectivity index (χ1v) is 6.09. The van der Waals surface area contributed by atoms with E-state index in [0.29, 0.717) is 13.1 Å². The zero-order valence-electron chi connectivity index (χ0n) is 10.6. The lowest BCUT2D eigenvalue weighted by Crippen LogP contribution is -2.38. The van der Waals surface area contributed by atoms with Gasteiger partial charge in [0.2, 0.25) is 5.91 Å². The van der Waals surface area contributed by atoms with Gasteiger partial charge in [-0.05, 0) is 29.2 Å². The van der Waals surface area contributed by atoms with Crippen molar-refractivity contribution in [1.29, 1.82) is 0 Å². The van der Waals surface area contributed by atoms with Crippen molar-refractivity contribution in [3.8, 4) is 0 Å². The zero-order valence-corrected chi connectivity index (χ0v) is 10.6. The predicted molar refractivity (Wildman–Crippen MR) is 64.1 cm³/mol. The average molecular weight is 283 g/mol. The largest absolute Gasteiger partial charge is 0.491 e. The number of nitrogens with zero attached hydrogens (tertiary/aromatic N) is 5. The molecule has 0 aliphatic carbocycles. The monoisotopic (exact) mass is 283 g/mol. The maximum Gasteiger partial charge on any atom is 0.491 e. The number of rotatable bonds is 4. The molecule has 1 N–H and O–H groups in total. The number of hydrogen-bond acceptors (Lipinski definition) is 6. The van der Waals surface area contributed by atoms with Gasteiger partial charge in [-0.15, -0.1) is 0 Å². The van der Waals surface area contributed by atoms with Crippen LogP contribution in [0.2, 0.25) is 0 Å². The molecule has 10 heteroatoms. The highest BCUT2D eigenvalue weighted by atomic mass is 16.6. The van der Waals surface area contributed by atoms with Crippen LogP contribution in [0.4, 0.5) is 5.95 Å². The SMILES string of the molecule is O=C(O)c1nc([N+](=O)[O-])nn1CC(=O)N1CCCCC1. The van der Waals surface area contributed by atoms with Gasteiger partial charge in [-0.1, -0.05) is 0 Å². The van der Waals surface area contributed by atoms with Crippen LogP contribution in [0.1, 0.15) is 29.9 Å². The maximum absolute atomic E-state index is 12.0. The van der Waals surface area contributed by atoms with E-state index in [9.17, 15) is 19.7 Å². The van der Waals surface area contributed by atoms with Gasteiger partial charge in [-0.25, -0.2) is 4.79 Å². The van der Waals surface area contributed by atoms with Crippen molar-refractivity contribution >= 4 is 17.8 Å². The molecule has 1 aromatic rings. The molecule has 1 saturated heterocycles. The van der Waals surface area contributed by atoms with Crippen LogP contribution < -0.4 is 0 Å². The van der Waals surface area contributed by atoms with Gasteiger partial charge < -0.3 is 20.1 Å². The fourth-order valence-electron chi connectivity index (χ4n) is 2.05. The van der Waals surface area contributed by atoms with Gasteiger partial charge in [0.1, 0.15) is 6.54 Å². The minimum atomic E-state index is -1.46. The average Bonchev–Trinajstić information content (AvgIpc) is 2.84. The van der Waals surface area contributed by atoms with E-state index in [1.165, 1.54) is 0 Å². The first-order chi connectivity index (χ1) is 9.49. The molecule has 0 atom stereocenters. The smallest absolute Gasteiger partial charge is 0.474 e. The lowest BCUT2D eigenvalue weighted by molar-refractivity contribution is -0.394. The van der Waals surface area contributed by atoms with E-state index in [4.69, 9.17) is 5.11 Å². The molecule has 0 unspecified atom stereocenters. The van der Waals surface area contributed by atoms with E-state index in [2.05, 4.69) is 10.1 Å². The molecular formula is C10H13N5O5. The van der Waals surface area contributed by atoms with Gasteiger partial charge >= 0.3 is 17.7 Å². The molecular weight excluding hydrogens is 270 g/mol. The highest BCUT2D eigenvalue weighted by Crippen LogP contribution is 2.11. The van der Waals surface area contributed by atoms with Crippen molar-refractivity contribution < 1.29 is 19.6 Å². The second-order valence-corrected chi connectivity index (χ2v) is 4.40. The molecule has 0 aromatic carbocycles. The number of carboxylic acids is 1. The summed E-state index contributed by atoms with van der Waals surface area (Å²) in [7, 11) is 0. The van der Waals surface area contributed by atoms with E-state index in [1.54, 1.807) is 4.90 Å². The molecule has 10 nitrogen and oxygen atoms in total. The number of carbonyl (C=O) groups is 2. The lowest BCUT2D eigenvalue weighted by atomic mass is 10.1. The third-order valence-corrected chi connectivity index (χ3v) is 3.01. The number of carboxylic acid groups (broad SMARTS) is 1. The summed E-state index contributed by atoms with van der Waals surface area (Å²) in [5.41, 5.74) is 0. The molecule has 1 aliphatic rings. The van der Waals surface area contributed by atoms with Crippen molar-refractivity contribution in [2.45, 2.75) is 25.8 Å². The number of piperidine rings is 1. The van der Waals surface area contributed by atoms with Crippen LogP contribution in [0.3, 0.4) is 0 Å². The number of likely N-dealkylation sites (tertiary alicyclic amines) is 1. The predicted octanol–water partition coefficient (Wildman–Crippen LogP) is -0.103. The summed E-state index contributed by atoms with van der Waals surface area (Å²) in [6.45, 7) is 0.860. The summed E-state index contributed by atoms with van der Waals surface area (Å²) in [4.78, 5) is 37.5. The standard InChI is InChI=1S/C10H13N5O5/c16-7(13-4-2-1-3-5-13)6-14-8(9(17)18)11-10(12-14)15(19)20/h1-6H2,(H,17,18). The molecule has 20 heavy (non-hydrogen) atoms. The minimum absolute atomic E-state index is 0.313. The molecule has 0 saturated carbocycles. The number of aromatic carboxylic acids is 1. The van der Waals surface area contributed by atoms with Crippen LogP contribution in [0, 0.1) is 10.1 Å². The van der Waals surface area contributed by atoms with Gasteiger partial charge in [0, 0.05) is 18.2 Å². The summed E-state index contributed by atoms with van der Waals surface area (Å²) >= 11 is 0. The van der Waals surface area contributed by atoms with Crippen LogP contribution >= 0.6 is 0 Å². The fourth-order valence-corrected chi connectivity index (χ4v) is 2.05. The van der Waals surface area contributed by atoms with E-state index >= 15 is 0 Å². The summed E-state index contributed by atoms with van der Waals surface area (Å²) < 4.78 is 0.761. The lowest BCUT2D eigenvalue weighted by Gasteiger charge is -2.26. The number of carbonyl (C=O) groups excluding carboxylic acids is 1. The number of hydrogen-bond donors (Lipinski definition) is 1. The number of amides is 1. The van der Waals surface area contributed by atoms with Crippen LogP contribution in [0.5, 0.6) is 0 Å². The molecule has 1 fully saturated rings. The third kappa shape index (κ3) is 2.90. The summed E-state index contributed by atoms with van der Waals surface area (Å²) in [5, 5.41) is 22.9. The first-order valence-electron chi connectivity index (χ1n) is 6.09. The Bertz CT molecular complexity index is 548. The molecule has 1 amide bonds. The molecule has 0 bridgehead atoms. The second-order valence-electron chi connectivity index (χ2n) is 4.40. The number of nitro groups is 1. The van der Waals surface area contributed by atoms with Crippen LogP contribution in [0.25, 0.3) is 0 Å². The van der Waals surface area contributed by atoms with Gasteiger partial charge in [0.25, 0.3) is 0 Å². The van der Waals surface area contributed by atoms with Crippen LogP contribution in [-0.4, -0.2) is 54.7 Å². The van der Waals surface area contributed by atoms with Gasteiger partial charge in [0.15, 0.2) is 0 Å². The van der Waals surface area contributed by atoms with Crippen molar-refractivity contribution in [2.75, 3.05) is 13.1 Å². The fraction of sp³-hybridized carbons (Fsp3) is 0.600. The van der Waals surface area contributed by atoms with E-state index in [0.717, 1.165) is 23.9 Å². The highest BCUT2D eigenvalue weighted by Gasteiger charge is 2.29. The quantitative estimate of drug-likeness (QED) is 0.602. The minimum Gasteiger partial charge on any atom is -0.474 e. The maximum atomic E-state index is 12.0. The van der Waals surface area contributed by atoms with E-state index in [1.807, 2.05) is 0 Å². The Balaban J connectivity index is 2.16. The zero-order chi connectivity index (χ0) is 14.7. The Morgan fingerprint density at radius 2 is 1.95 bits per heavy atom. The highest BCUT2D eigenvalue weighted by molar-refractivity contribution is 5.84. The normalized spacial score (nSPS) is 15.1. The first kappa shape index (κ1) is 13.9. The van der Waals surface area contributed by atoms with Crippen molar-refractivity contribution in [2.24, 2.45) is 0 Å². The summed E-state index contributed by atoms with van der Waals surface area (Å²) in [5.74, 6) is -3.21. The molecule has 0 spiro atoms. The molecule has 1 aliphatic heterocycles. The van der Waals surface area contributed by atoms with Crippen LogP contribution in [-0.2, 0) is 11.3 Å². The van der Waals surface area contributed by atoms with Crippen molar-refractivity contribution in [1.82, 2.24) is 19.7 Å². The summed E-state index contributed by atoms with van der Waals surface area (Å²) in [6, 6.07) is 0. The Hall–Kier alpha value is -2.52. The second kappa shape index (κ2) is 5.63. The Morgan fingerprint density at radius 1 is 1.30 bits per heavy atom. The molecule has 2 heterocycles.